The fourth-order valence-electron chi connectivity index (χ4n) is 4.50. The number of carbonyl (C=O) groups is 1. The van der Waals surface area contributed by atoms with Gasteiger partial charge in [0.05, 0.1) is 17.2 Å². The lowest BCUT2D eigenvalue weighted by atomic mass is 10.0. The van der Waals surface area contributed by atoms with Gasteiger partial charge in [-0.05, 0) is 49.9 Å². The van der Waals surface area contributed by atoms with Crippen LogP contribution in [0.3, 0.4) is 0 Å². The van der Waals surface area contributed by atoms with Crippen LogP contribution < -0.4 is 0 Å². The highest BCUT2D eigenvalue weighted by atomic mass is 19.1. The predicted molar refractivity (Wildman–Crippen MR) is 118 cm³/mol. The summed E-state index contributed by atoms with van der Waals surface area (Å²) in [5.74, 6) is 1.70. The Bertz CT molecular complexity index is 1260. The first kappa shape index (κ1) is 20.4. The fraction of sp³-hybridized carbons (Fsp3) is 0.320. The van der Waals surface area contributed by atoms with Gasteiger partial charge in [-0.25, -0.2) is 14.4 Å². The minimum absolute atomic E-state index is 0.0230. The Hall–Kier alpha value is -3.48. The molecule has 0 radical (unpaired) electrons. The zero-order chi connectivity index (χ0) is 22.1. The minimum Gasteiger partial charge on any atom is -0.443 e. The second-order valence-corrected chi connectivity index (χ2v) is 8.27. The number of aryl methyl sites for hydroxylation is 1. The van der Waals surface area contributed by atoms with E-state index in [0.717, 1.165) is 36.1 Å². The van der Waals surface area contributed by atoms with Crippen molar-refractivity contribution in [2.24, 2.45) is 0 Å². The number of aromatic nitrogens is 3. The van der Waals surface area contributed by atoms with Crippen LogP contribution in [0.25, 0.3) is 11.0 Å². The van der Waals surface area contributed by atoms with E-state index in [1.54, 1.807) is 24.4 Å². The SMILES string of the molecule is Cc1nc2ccccc2n1CC(=O)N1CCCCC1c1ncc(Cc2ccccc2F)o1. The number of nitrogens with zero attached hydrogens (tertiary/aromatic N) is 4. The summed E-state index contributed by atoms with van der Waals surface area (Å²) < 4.78 is 22.0. The molecular formula is C25H25FN4O2. The Kier molecular flexibility index (Phi) is 5.47. The van der Waals surface area contributed by atoms with Gasteiger partial charge in [-0.1, -0.05) is 30.3 Å². The summed E-state index contributed by atoms with van der Waals surface area (Å²) in [6.07, 6.45) is 4.74. The van der Waals surface area contributed by atoms with E-state index in [9.17, 15) is 9.18 Å². The van der Waals surface area contributed by atoms with Gasteiger partial charge >= 0.3 is 0 Å². The van der Waals surface area contributed by atoms with Gasteiger partial charge in [0.2, 0.25) is 11.8 Å². The summed E-state index contributed by atoms with van der Waals surface area (Å²) in [5, 5.41) is 0. The average Bonchev–Trinajstić information content (AvgIpc) is 3.40. The van der Waals surface area contributed by atoms with Crippen LogP contribution in [0.5, 0.6) is 0 Å². The van der Waals surface area contributed by atoms with Crippen molar-refractivity contribution >= 4 is 16.9 Å². The van der Waals surface area contributed by atoms with Crippen LogP contribution >= 0.6 is 0 Å². The first-order valence-corrected chi connectivity index (χ1v) is 11.0. The van der Waals surface area contributed by atoms with Crippen LogP contribution in [0, 0.1) is 12.7 Å². The van der Waals surface area contributed by atoms with E-state index in [1.807, 2.05) is 40.7 Å². The Labute approximate surface area is 185 Å². The minimum atomic E-state index is -0.261. The van der Waals surface area contributed by atoms with Crippen molar-refractivity contribution in [3.63, 3.8) is 0 Å². The summed E-state index contributed by atoms with van der Waals surface area (Å²) >= 11 is 0. The average molecular weight is 432 g/mol. The molecule has 0 aliphatic carbocycles. The van der Waals surface area contributed by atoms with Gasteiger partial charge in [0.25, 0.3) is 0 Å². The first-order valence-electron chi connectivity index (χ1n) is 11.0. The largest absolute Gasteiger partial charge is 0.443 e. The van der Waals surface area contributed by atoms with E-state index in [2.05, 4.69) is 9.97 Å². The molecule has 1 aliphatic rings. The van der Waals surface area contributed by atoms with Crippen LogP contribution in [0.1, 0.15) is 48.3 Å². The van der Waals surface area contributed by atoms with Gasteiger partial charge in [-0.2, -0.15) is 0 Å². The third-order valence-corrected chi connectivity index (χ3v) is 6.14. The highest BCUT2D eigenvalue weighted by Gasteiger charge is 2.32. The van der Waals surface area contributed by atoms with Crippen LogP contribution in [0.4, 0.5) is 4.39 Å². The van der Waals surface area contributed by atoms with Gasteiger partial charge in [0.1, 0.15) is 30.0 Å². The van der Waals surface area contributed by atoms with E-state index in [0.29, 0.717) is 30.2 Å². The smallest absolute Gasteiger partial charge is 0.243 e. The van der Waals surface area contributed by atoms with Gasteiger partial charge < -0.3 is 13.9 Å². The molecule has 1 saturated heterocycles. The molecule has 164 valence electrons. The van der Waals surface area contributed by atoms with Gasteiger partial charge in [-0.15, -0.1) is 0 Å². The molecule has 0 saturated carbocycles. The lowest BCUT2D eigenvalue weighted by Crippen LogP contribution is -2.40. The van der Waals surface area contributed by atoms with Gasteiger partial charge in [0, 0.05) is 13.0 Å². The number of likely N-dealkylation sites (tertiary alicyclic amines) is 1. The number of para-hydroxylation sites is 2. The fourth-order valence-corrected chi connectivity index (χ4v) is 4.50. The molecule has 1 unspecified atom stereocenters. The Morgan fingerprint density at radius 1 is 1.16 bits per heavy atom. The lowest BCUT2D eigenvalue weighted by molar-refractivity contribution is -0.136. The maximum atomic E-state index is 14.0. The first-order chi connectivity index (χ1) is 15.6. The number of oxazole rings is 1. The van der Waals surface area contributed by atoms with Crippen molar-refractivity contribution in [1.29, 1.82) is 0 Å². The Morgan fingerprint density at radius 3 is 2.84 bits per heavy atom. The summed E-state index contributed by atoms with van der Waals surface area (Å²) in [5.41, 5.74) is 2.41. The van der Waals surface area contributed by atoms with Crippen LogP contribution in [-0.4, -0.2) is 31.9 Å². The molecule has 32 heavy (non-hydrogen) atoms. The number of fused-ring (bicyclic) bond motifs is 1. The quantitative estimate of drug-likeness (QED) is 0.454. The summed E-state index contributed by atoms with van der Waals surface area (Å²) in [6.45, 7) is 2.82. The number of amides is 1. The molecular weight excluding hydrogens is 407 g/mol. The number of imidazole rings is 1. The van der Waals surface area contributed by atoms with E-state index in [-0.39, 0.29) is 24.3 Å². The maximum Gasteiger partial charge on any atom is 0.243 e. The summed E-state index contributed by atoms with van der Waals surface area (Å²) in [4.78, 5) is 24.2. The van der Waals surface area contributed by atoms with Crippen LogP contribution in [0.2, 0.25) is 0 Å². The van der Waals surface area contributed by atoms with Crippen LogP contribution in [-0.2, 0) is 17.8 Å². The molecule has 2 aromatic carbocycles. The number of rotatable bonds is 5. The monoisotopic (exact) mass is 432 g/mol. The lowest BCUT2D eigenvalue weighted by Gasteiger charge is -2.34. The van der Waals surface area contributed by atoms with E-state index in [4.69, 9.17) is 4.42 Å². The molecule has 1 amide bonds. The van der Waals surface area contributed by atoms with E-state index in [1.165, 1.54) is 6.07 Å². The number of hydrogen-bond acceptors (Lipinski definition) is 4. The topological polar surface area (TPSA) is 64.2 Å². The molecule has 5 rings (SSSR count). The number of halogens is 1. The normalized spacial score (nSPS) is 16.6. The molecule has 3 heterocycles. The third kappa shape index (κ3) is 3.90. The van der Waals surface area contributed by atoms with Crippen LogP contribution in [0.15, 0.2) is 59.1 Å². The number of hydrogen-bond donors (Lipinski definition) is 0. The second-order valence-electron chi connectivity index (χ2n) is 8.27. The van der Waals surface area contributed by atoms with E-state index < -0.39 is 0 Å². The van der Waals surface area contributed by atoms with Crippen molar-refractivity contribution < 1.29 is 13.6 Å². The molecule has 0 bridgehead atoms. The zero-order valence-corrected chi connectivity index (χ0v) is 18.0. The number of carbonyl (C=O) groups excluding carboxylic acids is 1. The van der Waals surface area contributed by atoms with E-state index >= 15 is 0 Å². The third-order valence-electron chi connectivity index (χ3n) is 6.14. The molecule has 0 N–H and O–H groups in total. The van der Waals surface area contributed by atoms with Crippen molar-refractivity contribution in [2.75, 3.05) is 6.54 Å². The van der Waals surface area contributed by atoms with Crippen molar-refractivity contribution in [2.45, 2.75) is 45.2 Å². The number of benzene rings is 2. The van der Waals surface area contributed by atoms with Crippen molar-refractivity contribution in [3.8, 4) is 0 Å². The molecule has 7 heteroatoms. The molecule has 1 fully saturated rings. The molecule has 4 aromatic rings. The maximum absolute atomic E-state index is 14.0. The Morgan fingerprint density at radius 2 is 1.97 bits per heavy atom. The second kappa shape index (κ2) is 8.57. The molecule has 1 aliphatic heterocycles. The molecule has 6 nitrogen and oxygen atoms in total. The Balaban J connectivity index is 1.36. The van der Waals surface area contributed by atoms with Crippen molar-refractivity contribution in [1.82, 2.24) is 19.4 Å². The standard InChI is InChI=1S/C25H25FN4O2/c1-17-28-21-10-4-5-11-22(21)30(17)16-24(31)29-13-7-6-12-23(29)25-27-15-19(32-25)14-18-8-2-3-9-20(18)26/h2-5,8-11,15,23H,6-7,12-14,16H2,1H3. The zero-order valence-electron chi connectivity index (χ0n) is 18.0. The van der Waals surface area contributed by atoms with Crippen molar-refractivity contribution in [3.05, 3.63) is 83.6 Å². The molecule has 1 atom stereocenters. The van der Waals surface area contributed by atoms with Gasteiger partial charge in [-0.3, -0.25) is 4.79 Å². The summed E-state index contributed by atoms with van der Waals surface area (Å²) in [6, 6.07) is 14.3. The predicted octanol–water partition coefficient (Wildman–Crippen LogP) is 4.82. The highest BCUT2D eigenvalue weighted by Crippen LogP contribution is 2.31. The number of piperidine rings is 1. The highest BCUT2D eigenvalue weighted by molar-refractivity contribution is 5.81. The molecule has 2 aromatic heterocycles. The van der Waals surface area contributed by atoms with Gasteiger partial charge in [0.15, 0.2) is 0 Å². The molecule has 0 spiro atoms. The summed E-state index contributed by atoms with van der Waals surface area (Å²) in [7, 11) is 0.